The molecule has 30 heavy (non-hydrogen) atoms. The quantitative estimate of drug-likeness (QED) is 0.422. The Morgan fingerprint density at radius 3 is 2.90 bits per heavy atom. The van der Waals surface area contributed by atoms with Crippen molar-refractivity contribution in [1.29, 1.82) is 0 Å². The standard InChI is InChI=1S/C19H12F2N6OS2/c1-9-18(30-14(23-9)7-28-13-4-2-3-5-22-13)12-8-29-19(24-12)10-6-11-17(26-27-25-11)16(21)15(10)20/h2-6,8H,7H2,1H3,(H,25,26,27). The Hall–Kier alpha value is -3.31. The highest BCUT2D eigenvalue weighted by atomic mass is 32.1. The third kappa shape index (κ3) is 3.31. The molecule has 0 amide bonds. The second-order valence-corrected chi connectivity index (χ2v) is 8.22. The van der Waals surface area contributed by atoms with Gasteiger partial charge in [0.15, 0.2) is 11.6 Å². The summed E-state index contributed by atoms with van der Waals surface area (Å²) in [6, 6.07) is 6.86. The molecule has 0 aliphatic carbocycles. The van der Waals surface area contributed by atoms with Gasteiger partial charge in [-0.2, -0.15) is 0 Å². The smallest absolute Gasteiger partial charge is 0.213 e. The molecule has 5 aromatic rings. The molecule has 150 valence electrons. The van der Waals surface area contributed by atoms with Gasteiger partial charge in [0.05, 0.1) is 21.8 Å². The Morgan fingerprint density at radius 2 is 2.07 bits per heavy atom. The van der Waals surface area contributed by atoms with E-state index in [-0.39, 0.29) is 23.2 Å². The maximum absolute atomic E-state index is 14.5. The van der Waals surface area contributed by atoms with Gasteiger partial charge < -0.3 is 4.74 Å². The first-order chi connectivity index (χ1) is 14.6. The largest absolute Gasteiger partial charge is 0.470 e. The number of nitrogens with one attached hydrogen (secondary N) is 1. The van der Waals surface area contributed by atoms with Crippen LogP contribution in [0, 0.1) is 18.6 Å². The molecule has 1 aromatic carbocycles. The van der Waals surface area contributed by atoms with Crippen molar-refractivity contribution >= 4 is 33.7 Å². The zero-order chi connectivity index (χ0) is 20.7. The Morgan fingerprint density at radius 1 is 1.17 bits per heavy atom. The summed E-state index contributed by atoms with van der Waals surface area (Å²) in [4.78, 5) is 14.0. The normalized spacial score (nSPS) is 11.3. The molecule has 0 unspecified atom stereocenters. The molecule has 7 nitrogen and oxygen atoms in total. The van der Waals surface area contributed by atoms with Gasteiger partial charge in [0.2, 0.25) is 5.88 Å². The highest BCUT2D eigenvalue weighted by molar-refractivity contribution is 7.16. The van der Waals surface area contributed by atoms with Crippen molar-refractivity contribution in [2.75, 3.05) is 0 Å². The van der Waals surface area contributed by atoms with Crippen LogP contribution in [0.1, 0.15) is 10.7 Å². The van der Waals surface area contributed by atoms with E-state index in [1.54, 1.807) is 17.6 Å². The molecule has 11 heteroatoms. The molecule has 0 saturated carbocycles. The number of aromatic amines is 1. The summed E-state index contributed by atoms with van der Waals surface area (Å²) >= 11 is 2.66. The Labute approximate surface area is 176 Å². The first-order valence-electron chi connectivity index (χ1n) is 8.75. The molecule has 1 N–H and O–H groups in total. The van der Waals surface area contributed by atoms with E-state index in [1.165, 1.54) is 28.7 Å². The maximum Gasteiger partial charge on any atom is 0.213 e. The van der Waals surface area contributed by atoms with Gasteiger partial charge in [0.1, 0.15) is 27.7 Å². The molecular weight excluding hydrogens is 430 g/mol. The number of ether oxygens (including phenoxy) is 1. The Balaban J connectivity index is 1.43. The topological polar surface area (TPSA) is 89.5 Å². The predicted molar refractivity (Wildman–Crippen MR) is 109 cm³/mol. The molecule has 4 aromatic heterocycles. The summed E-state index contributed by atoms with van der Waals surface area (Å²) in [5.41, 5.74) is 1.66. The lowest BCUT2D eigenvalue weighted by Gasteiger charge is -2.01. The number of halogens is 2. The van der Waals surface area contributed by atoms with Crippen LogP contribution >= 0.6 is 22.7 Å². The van der Waals surface area contributed by atoms with Gasteiger partial charge in [-0.1, -0.05) is 11.3 Å². The molecule has 0 radical (unpaired) electrons. The number of hydrogen-bond donors (Lipinski definition) is 1. The average molecular weight is 442 g/mol. The molecule has 0 aliphatic rings. The minimum atomic E-state index is -1.02. The lowest BCUT2D eigenvalue weighted by Crippen LogP contribution is -1.96. The van der Waals surface area contributed by atoms with Gasteiger partial charge in [-0.3, -0.25) is 5.10 Å². The predicted octanol–water partition coefficient (Wildman–Crippen LogP) is 4.77. The van der Waals surface area contributed by atoms with E-state index in [0.29, 0.717) is 16.6 Å². The number of hydrogen-bond acceptors (Lipinski definition) is 8. The lowest BCUT2D eigenvalue weighted by molar-refractivity contribution is 0.293. The van der Waals surface area contributed by atoms with Gasteiger partial charge in [0, 0.05) is 17.6 Å². The number of aryl methyl sites for hydroxylation is 1. The van der Waals surface area contributed by atoms with E-state index in [0.717, 1.165) is 15.6 Å². The van der Waals surface area contributed by atoms with Gasteiger partial charge >= 0.3 is 0 Å². The van der Waals surface area contributed by atoms with Crippen molar-refractivity contribution < 1.29 is 13.5 Å². The molecule has 0 atom stereocenters. The minimum Gasteiger partial charge on any atom is -0.470 e. The molecule has 0 fully saturated rings. The molecule has 5 rings (SSSR count). The highest BCUT2D eigenvalue weighted by Crippen LogP contribution is 2.36. The van der Waals surface area contributed by atoms with Crippen LogP contribution in [0.15, 0.2) is 35.8 Å². The summed E-state index contributed by atoms with van der Waals surface area (Å²) in [5, 5.41) is 12.6. The second-order valence-electron chi connectivity index (χ2n) is 6.27. The van der Waals surface area contributed by atoms with E-state index in [1.807, 2.05) is 19.1 Å². The summed E-state index contributed by atoms with van der Waals surface area (Å²) in [6.07, 6.45) is 1.66. The van der Waals surface area contributed by atoms with Crippen molar-refractivity contribution in [3.8, 4) is 27.0 Å². The maximum atomic E-state index is 14.5. The Kier molecular flexibility index (Phi) is 4.68. The van der Waals surface area contributed by atoms with Gasteiger partial charge in [0.25, 0.3) is 0 Å². The molecule has 0 saturated heterocycles. The van der Waals surface area contributed by atoms with E-state index in [2.05, 4.69) is 30.4 Å². The molecule has 0 spiro atoms. The van der Waals surface area contributed by atoms with Crippen molar-refractivity contribution in [3.63, 3.8) is 0 Å². The summed E-state index contributed by atoms with van der Waals surface area (Å²) in [6.45, 7) is 2.15. The number of aromatic nitrogens is 6. The summed E-state index contributed by atoms with van der Waals surface area (Å²) in [5.74, 6) is -1.49. The van der Waals surface area contributed by atoms with Crippen LogP contribution in [0.4, 0.5) is 8.78 Å². The third-order valence-electron chi connectivity index (χ3n) is 4.29. The fraction of sp³-hybridized carbons (Fsp3) is 0.105. The minimum absolute atomic E-state index is 0.0472. The van der Waals surface area contributed by atoms with Crippen LogP contribution in [0.25, 0.3) is 32.2 Å². The fourth-order valence-corrected chi connectivity index (χ4v) is 4.74. The van der Waals surface area contributed by atoms with Crippen molar-refractivity contribution in [2.24, 2.45) is 0 Å². The third-order valence-corrected chi connectivity index (χ3v) is 6.32. The molecular formula is C19H12F2N6OS2. The number of rotatable bonds is 5. The number of nitrogens with zero attached hydrogens (tertiary/aromatic N) is 5. The van der Waals surface area contributed by atoms with Crippen LogP contribution in [-0.2, 0) is 6.61 Å². The van der Waals surface area contributed by atoms with Gasteiger partial charge in [-0.05, 0) is 19.1 Å². The van der Waals surface area contributed by atoms with Gasteiger partial charge in [-0.15, -0.1) is 27.8 Å². The first-order valence-corrected chi connectivity index (χ1v) is 10.4. The van der Waals surface area contributed by atoms with E-state index < -0.39 is 11.6 Å². The van der Waals surface area contributed by atoms with Crippen LogP contribution in [0.5, 0.6) is 5.88 Å². The zero-order valence-corrected chi connectivity index (χ0v) is 17.0. The molecule has 4 heterocycles. The number of thiazole rings is 2. The zero-order valence-electron chi connectivity index (χ0n) is 15.4. The fourth-order valence-electron chi connectivity index (χ4n) is 2.90. The van der Waals surface area contributed by atoms with E-state index in [4.69, 9.17) is 4.74 Å². The molecule has 0 bridgehead atoms. The number of benzene rings is 1. The summed E-state index contributed by atoms with van der Waals surface area (Å²) < 4.78 is 34.4. The van der Waals surface area contributed by atoms with Crippen LogP contribution in [0.3, 0.4) is 0 Å². The Bertz CT molecular complexity index is 1350. The van der Waals surface area contributed by atoms with E-state index in [9.17, 15) is 8.78 Å². The van der Waals surface area contributed by atoms with Crippen molar-refractivity contribution in [3.05, 3.63) is 58.2 Å². The monoisotopic (exact) mass is 442 g/mol. The lowest BCUT2D eigenvalue weighted by atomic mass is 10.2. The van der Waals surface area contributed by atoms with Gasteiger partial charge in [-0.25, -0.2) is 23.7 Å². The summed E-state index contributed by atoms with van der Waals surface area (Å²) in [7, 11) is 0. The van der Waals surface area contributed by atoms with Crippen LogP contribution < -0.4 is 4.74 Å². The number of fused-ring (bicyclic) bond motifs is 1. The van der Waals surface area contributed by atoms with Crippen molar-refractivity contribution in [2.45, 2.75) is 13.5 Å². The SMILES string of the molecule is Cc1nc(COc2ccccn2)sc1-c1csc(-c2cc3nn[nH]c3c(F)c2F)n1. The van der Waals surface area contributed by atoms with E-state index >= 15 is 0 Å². The number of H-pyrrole nitrogens is 1. The first kappa shape index (κ1) is 18.7. The number of pyridine rings is 1. The second kappa shape index (κ2) is 7.50. The average Bonchev–Trinajstić information content (AvgIpc) is 3.49. The highest BCUT2D eigenvalue weighted by Gasteiger charge is 2.21. The van der Waals surface area contributed by atoms with Crippen LogP contribution in [-0.4, -0.2) is 30.4 Å². The van der Waals surface area contributed by atoms with Crippen molar-refractivity contribution in [1.82, 2.24) is 30.4 Å². The van der Waals surface area contributed by atoms with Crippen LogP contribution in [0.2, 0.25) is 0 Å². The molecule has 0 aliphatic heterocycles.